The van der Waals surface area contributed by atoms with Crippen LogP contribution in [0.4, 0.5) is 5.82 Å². The SMILES string of the molecule is OCC1(CNc2nc(-c3ccccn3)nc3sccc23)CCOC1. The van der Waals surface area contributed by atoms with E-state index in [0.29, 0.717) is 25.6 Å². The zero-order valence-electron chi connectivity index (χ0n) is 13.1. The van der Waals surface area contributed by atoms with Crippen molar-refractivity contribution in [3.8, 4) is 11.5 Å². The van der Waals surface area contributed by atoms with Crippen LogP contribution in [0.15, 0.2) is 35.8 Å². The Labute approximate surface area is 143 Å². The second-order valence-corrected chi connectivity index (χ2v) is 6.96. The van der Waals surface area contributed by atoms with Crippen LogP contribution in [-0.2, 0) is 4.74 Å². The average Bonchev–Trinajstić information content (AvgIpc) is 3.30. The lowest BCUT2D eigenvalue weighted by atomic mass is 9.88. The molecule has 4 heterocycles. The third-order valence-electron chi connectivity index (χ3n) is 4.37. The van der Waals surface area contributed by atoms with Gasteiger partial charge < -0.3 is 15.2 Å². The minimum Gasteiger partial charge on any atom is -0.396 e. The topological polar surface area (TPSA) is 80.2 Å². The van der Waals surface area contributed by atoms with Gasteiger partial charge in [0.25, 0.3) is 0 Å². The summed E-state index contributed by atoms with van der Waals surface area (Å²) in [6, 6.07) is 7.71. The lowest BCUT2D eigenvalue weighted by Gasteiger charge is -2.25. The molecule has 124 valence electrons. The number of rotatable bonds is 5. The summed E-state index contributed by atoms with van der Waals surface area (Å²) in [5.74, 6) is 1.38. The number of nitrogens with one attached hydrogen (secondary N) is 1. The van der Waals surface area contributed by atoms with Gasteiger partial charge >= 0.3 is 0 Å². The van der Waals surface area contributed by atoms with Crippen LogP contribution in [-0.4, -0.2) is 46.4 Å². The fourth-order valence-electron chi connectivity index (χ4n) is 2.84. The van der Waals surface area contributed by atoms with E-state index in [0.717, 1.165) is 28.1 Å². The summed E-state index contributed by atoms with van der Waals surface area (Å²) in [7, 11) is 0. The van der Waals surface area contributed by atoms with E-state index in [-0.39, 0.29) is 12.0 Å². The molecule has 0 saturated carbocycles. The molecule has 1 atom stereocenters. The zero-order valence-corrected chi connectivity index (χ0v) is 13.9. The molecule has 0 spiro atoms. The number of aromatic nitrogens is 3. The second kappa shape index (κ2) is 6.43. The Morgan fingerprint density at radius 2 is 2.25 bits per heavy atom. The number of anilines is 1. The van der Waals surface area contributed by atoms with Crippen molar-refractivity contribution < 1.29 is 9.84 Å². The van der Waals surface area contributed by atoms with Gasteiger partial charge in [-0.05, 0) is 30.0 Å². The van der Waals surface area contributed by atoms with Gasteiger partial charge in [-0.15, -0.1) is 11.3 Å². The van der Waals surface area contributed by atoms with Crippen LogP contribution in [0.3, 0.4) is 0 Å². The first-order chi connectivity index (χ1) is 11.8. The van der Waals surface area contributed by atoms with Crippen LogP contribution in [0.5, 0.6) is 0 Å². The molecule has 1 saturated heterocycles. The van der Waals surface area contributed by atoms with Crippen molar-refractivity contribution >= 4 is 27.4 Å². The first-order valence-electron chi connectivity index (χ1n) is 7.89. The third kappa shape index (κ3) is 2.86. The monoisotopic (exact) mass is 342 g/mol. The highest BCUT2D eigenvalue weighted by Crippen LogP contribution is 2.31. The van der Waals surface area contributed by atoms with Gasteiger partial charge in [-0.1, -0.05) is 6.07 Å². The number of aliphatic hydroxyl groups excluding tert-OH is 1. The number of ether oxygens (including phenoxy) is 1. The molecule has 0 radical (unpaired) electrons. The number of hydrogen-bond acceptors (Lipinski definition) is 7. The fourth-order valence-corrected chi connectivity index (χ4v) is 3.60. The highest BCUT2D eigenvalue weighted by Gasteiger charge is 2.34. The van der Waals surface area contributed by atoms with Crippen molar-refractivity contribution in [2.24, 2.45) is 5.41 Å². The molecular weight excluding hydrogens is 324 g/mol. The predicted molar refractivity (Wildman–Crippen MR) is 94.1 cm³/mol. The summed E-state index contributed by atoms with van der Waals surface area (Å²) in [4.78, 5) is 14.5. The van der Waals surface area contributed by atoms with Gasteiger partial charge in [-0.25, -0.2) is 9.97 Å². The number of fused-ring (bicyclic) bond motifs is 1. The quantitative estimate of drug-likeness (QED) is 0.742. The van der Waals surface area contributed by atoms with Crippen LogP contribution in [0.2, 0.25) is 0 Å². The maximum atomic E-state index is 9.74. The molecule has 1 unspecified atom stereocenters. The molecular formula is C17H18N4O2S. The lowest BCUT2D eigenvalue weighted by Crippen LogP contribution is -2.34. The fraction of sp³-hybridized carbons (Fsp3) is 0.353. The van der Waals surface area contributed by atoms with Crippen LogP contribution >= 0.6 is 11.3 Å². The molecule has 2 N–H and O–H groups in total. The number of thiophene rings is 1. The van der Waals surface area contributed by atoms with Crippen molar-refractivity contribution in [2.75, 3.05) is 31.7 Å². The van der Waals surface area contributed by atoms with Crippen molar-refractivity contribution in [1.29, 1.82) is 0 Å². The number of pyridine rings is 1. The molecule has 1 fully saturated rings. The first-order valence-corrected chi connectivity index (χ1v) is 8.77. The summed E-state index contributed by atoms with van der Waals surface area (Å²) in [5.41, 5.74) is 0.510. The summed E-state index contributed by atoms with van der Waals surface area (Å²) in [6.45, 7) is 1.98. The molecule has 7 heteroatoms. The van der Waals surface area contributed by atoms with Crippen molar-refractivity contribution in [2.45, 2.75) is 6.42 Å². The maximum absolute atomic E-state index is 9.74. The summed E-state index contributed by atoms with van der Waals surface area (Å²) < 4.78 is 5.46. The van der Waals surface area contributed by atoms with Gasteiger partial charge in [0.1, 0.15) is 16.3 Å². The highest BCUT2D eigenvalue weighted by molar-refractivity contribution is 7.16. The molecule has 1 aliphatic rings. The molecule has 0 bridgehead atoms. The van der Waals surface area contributed by atoms with Gasteiger partial charge in [0.2, 0.25) is 0 Å². The second-order valence-electron chi connectivity index (χ2n) is 6.06. The van der Waals surface area contributed by atoms with Crippen LogP contribution in [0.25, 0.3) is 21.7 Å². The van der Waals surface area contributed by atoms with Gasteiger partial charge in [0.15, 0.2) is 5.82 Å². The molecule has 0 aromatic carbocycles. The Bertz CT molecular complexity index is 831. The largest absolute Gasteiger partial charge is 0.396 e. The zero-order chi connectivity index (χ0) is 16.4. The minimum absolute atomic E-state index is 0.102. The molecule has 0 aliphatic carbocycles. The predicted octanol–water partition coefficient (Wildman–Crippen LogP) is 2.56. The Morgan fingerprint density at radius 1 is 1.29 bits per heavy atom. The highest BCUT2D eigenvalue weighted by atomic mass is 32.1. The van der Waals surface area contributed by atoms with Crippen LogP contribution in [0, 0.1) is 5.41 Å². The Kier molecular flexibility index (Phi) is 4.13. The van der Waals surface area contributed by atoms with Crippen molar-refractivity contribution in [3.05, 3.63) is 35.8 Å². The lowest BCUT2D eigenvalue weighted by molar-refractivity contribution is 0.103. The van der Waals surface area contributed by atoms with Gasteiger partial charge in [-0.3, -0.25) is 4.98 Å². The Hall–Kier alpha value is -2.09. The first kappa shape index (κ1) is 15.4. The Morgan fingerprint density at radius 3 is 3.00 bits per heavy atom. The van der Waals surface area contributed by atoms with Crippen LogP contribution in [0.1, 0.15) is 6.42 Å². The maximum Gasteiger partial charge on any atom is 0.181 e. The van der Waals surface area contributed by atoms with E-state index in [9.17, 15) is 5.11 Å². The van der Waals surface area contributed by atoms with Crippen molar-refractivity contribution in [1.82, 2.24) is 15.0 Å². The normalized spacial score (nSPS) is 20.5. The van der Waals surface area contributed by atoms with E-state index in [1.807, 2.05) is 29.6 Å². The molecule has 4 rings (SSSR count). The number of hydrogen-bond donors (Lipinski definition) is 2. The molecule has 1 aliphatic heterocycles. The standard InChI is InChI=1S/C17H18N4O2S/c22-10-17(5-7-23-11-17)9-19-14-12-4-8-24-16(12)21-15(20-14)13-3-1-2-6-18-13/h1-4,6,8,22H,5,7,9-11H2,(H,19,20,21). The Balaban J connectivity index is 1.68. The van der Waals surface area contributed by atoms with Crippen molar-refractivity contribution in [3.63, 3.8) is 0 Å². The molecule has 24 heavy (non-hydrogen) atoms. The van der Waals surface area contributed by atoms with Gasteiger partial charge in [0, 0.05) is 24.8 Å². The van der Waals surface area contributed by atoms with E-state index in [2.05, 4.69) is 20.3 Å². The minimum atomic E-state index is -0.238. The van der Waals surface area contributed by atoms with E-state index in [4.69, 9.17) is 4.74 Å². The third-order valence-corrected chi connectivity index (χ3v) is 5.18. The average molecular weight is 342 g/mol. The summed E-state index contributed by atoms with van der Waals surface area (Å²) in [5, 5.41) is 16.1. The van der Waals surface area contributed by atoms with E-state index in [1.165, 1.54) is 0 Å². The van der Waals surface area contributed by atoms with Crippen LogP contribution < -0.4 is 5.32 Å². The van der Waals surface area contributed by atoms with E-state index < -0.39 is 0 Å². The van der Waals surface area contributed by atoms with Gasteiger partial charge in [-0.2, -0.15) is 0 Å². The molecule has 3 aromatic rings. The number of aliphatic hydroxyl groups is 1. The van der Waals surface area contributed by atoms with Gasteiger partial charge in [0.05, 0.1) is 18.6 Å². The molecule has 0 amide bonds. The van der Waals surface area contributed by atoms with E-state index in [1.54, 1.807) is 17.5 Å². The van der Waals surface area contributed by atoms with E-state index >= 15 is 0 Å². The summed E-state index contributed by atoms with van der Waals surface area (Å²) in [6.07, 6.45) is 2.59. The smallest absolute Gasteiger partial charge is 0.181 e. The molecule has 3 aromatic heterocycles. The number of nitrogens with zero attached hydrogens (tertiary/aromatic N) is 3. The summed E-state index contributed by atoms with van der Waals surface area (Å²) >= 11 is 1.58. The molecule has 6 nitrogen and oxygen atoms in total.